The maximum atomic E-state index is 12.8. The Morgan fingerprint density at radius 1 is 1.33 bits per heavy atom. The Morgan fingerprint density at radius 2 is 2.13 bits per heavy atom. The molecule has 1 saturated heterocycles. The summed E-state index contributed by atoms with van der Waals surface area (Å²) in [7, 11) is 0. The molecule has 0 spiro atoms. The normalized spacial score (nSPS) is 17.7. The van der Waals surface area contributed by atoms with Gasteiger partial charge in [0.1, 0.15) is 10.8 Å². The first kappa shape index (κ1) is 22.0. The Morgan fingerprint density at radius 3 is 2.77 bits per heavy atom. The summed E-state index contributed by atoms with van der Waals surface area (Å²) in [4.78, 5) is 30.7. The number of aliphatic imine (C=N–C) groups is 1. The van der Waals surface area contributed by atoms with E-state index < -0.39 is 12.1 Å². The highest BCUT2D eigenvalue weighted by Gasteiger charge is 2.32. The first-order valence-electron chi connectivity index (χ1n) is 9.57. The van der Waals surface area contributed by atoms with E-state index in [9.17, 15) is 14.7 Å². The number of likely N-dealkylation sites (N-methyl/N-ethyl adjacent to an activating group) is 1. The zero-order valence-electron chi connectivity index (χ0n) is 16.9. The van der Waals surface area contributed by atoms with Crippen LogP contribution in [-0.2, 0) is 16.0 Å². The van der Waals surface area contributed by atoms with E-state index in [2.05, 4.69) is 15.2 Å². The highest BCUT2D eigenvalue weighted by atomic mass is 32.2. The van der Waals surface area contributed by atoms with Crippen molar-refractivity contribution in [1.82, 2.24) is 15.1 Å². The molecule has 0 aliphatic carbocycles. The van der Waals surface area contributed by atoms with E-state index in [4.69, 9.17) is 4.74 Å². The molecule has 30 heavy (non-hydrogen) atoms. The number of rotatable bonds is 8. The van der Waals surface area contributed by atoms with Gasteiger partial charge in [0.15, 0.2) is 11.3 Å². The number of ether oxygens (including phenoxy) is 1. The molecule has 1 unspecified atom stereocenters. The molecule has 8 nitrogen and oxygen atoms in total. The molecule has 1 aromatic heterocycles. The van der Waals surface area contributed by atoms with Crippen molar-refractivity contribution in [2.45, 2.75) is 39.7 Å². The van der Waals surface area contributed by atoms with Crippen LogP contribution < -0.4 is 4.74 Å². The van der Waals surface area contributed by atoms with E-state index in [0.29, 0.717) is 33.9 Å². The van der Waals surface area contributed by atoms with Crippen LogP contribution in [0.15, 0.2) is 34.2 Å². The van der Waals surface area contributed by atoms with Crippen LogP contribution in [0.5, 0.6) is 5.75 Å². The summed E-state index contributed by atoms with van der Waals surface area (Å²) >= 11 is 2.68. The third kappa shape index (κ3) is 5.06. The molecule has 1 N–H and O–H groups in total. The van der Waals surface area contributed by atoms with Crippen molar-refractivity contribution in [2.24, 2.45) is 4.99 Å². The molecule has 1 atom stereocenters. The number of carbonyl (C=O) groups is 2. The Bertz CT molecular complexity index is 1000. The Balaban J connectivity index is 1.84. The topological polar surface area (TPSA) is 105 Å². The lowest BCUT2D eigenvalue weighted by molar-refractivity contribution is -0.145. The number of aliphatic carboxylic acids is 1. The number of carboxylic acid groups (broad SMARTS) is 1. The molecule has 1 aliphatic heterocycles. The number of carboxylic acids is 1. The quantitative estimate of drug-likeness (QED) is 0.612. The van der Waals surface area contributed by atoms with E-state index in [1.54, 1.807) is 36.1 Å². The first-order valence-corrected chi connectivity index (χ1v) is 11.2. The van der Waals surface area contributed by atoms with Crippen molar-refractivity contribution in [3.63, 3.8) is 0 Å². The monoisotopic (exact) mass is 446 g/mol. The van der Waals surface area contributed by atoms with Crippen molar-refractivity contribution in [1.29, 1.82) is 0 Å². The zero-order chi connectivity index (χ0) is 21.7. The number of thioether (sulfide) groups is 1. The molecule has 1 fully saturated rings. The zero-order valence-corrected chi connectivity index (χ0v) is 18.5. The van der Waals surface area contributed by atoms with Crippen molar-refractivity contribution in [3.05, 3.63) is 39.7 Å². The number of nitrogens with zero attached hydrogens (tertiary/aromatic N) is 4. The van der Waals surface area contributed by atoms with Gasteiger partial charge in [0.2, 0.25) is 5.13 Å². The fourth-order valence-electron chi connectivity index (χ4n) is 2.69. The molecular weight excluding hydrogens is 424 g/mol. The minimum Gasteiger partial charge on any atom is -0.479 e. The predicted octanol–water partition coefficient (Wildman–Crippen LogP) is 3.97. The second kappa shape index (κ2) is 9.86. The summed E-state index contributed by atoms with van der Waals surface area (Å²) in [6.07, 6.45) is 1.98. The second-order valence-electron chi connectivity index (χ2n) is 6.31. The van der Waals surface area contributed by atoms with E-state index in [1.807, 2.05) is 19.9 Å². The van der Waals surface area contributed by atoms with Gasteiger partial charge in [0, 0.05) is 6.54 Å². The molecule has 0 saturated carbocycles. The first-order chi connectivity index (χ1) is 14.4. The number of aryl methyl sites for hydroxylation is 1. The second-order valence-corrected chi connectivity index (χ2v) is 8.36. The number of carbonyl (C=O) groups excluding carboxylic acids is 1. The van der Waals surface area contributed by atoms with E-state index in [1.165, 1.54) is 23.1 Å². The van der Waals surface area contributed by atoms with Gasteiger partial charge in [0.05, 0.1) is 4.91 Å². The van der Waals surface area contributed by atoms with Crippen molar-refractivity contribution in [2.75, 3.05) is 6.54 Å². The smallest absolute Gasteiger partial charge is 0.344 e. The van der Waals surface area contributed by atoms with Crippen molar-refractivity contribution in [3.8, 4) is 5.75 Å². The van der Waals surface area contributed by atoms with E-state index in [0.717, 1.165) is 17.0 Å². The number of hydrogen-bond donors (Lipinski definition) is 1. The van der Waals surface area contributed by atoms with Crippen molar-refractivity contribution < 1.29 is 19.4 Å². The van der Waals surface area contributed by atoms with Gasteiger partial charge in [-0.2, -0.15) is 4.99 Å². The molecule has 158 valence electrons. The van der Waals surface area contributed by atoms with Gasteiger partial charge < -0.3 is 9.84 Å². The Kier molecular flexibility index (Phi) is 7.22. The molecule has 0 bridgehead atoms. The molecule has 1 amide bonds. The fraction of sp³-hybridized carbons (Fsp3) is 0.350. The molecule has 2 aromatic rings. The molecule has 1 aliphatic rings. The average molecular weight is 447 g/mol. The summed E-state index contributed by atoms with van der Waals surface area (Å²) in [5, 5.41) is 19.3. The maximum absolute atomic E-state index is 12.8. The number of amides is 1. The molecular formula is C20H22N4O4S2. The molecule has 2 heterocycles. The lowest BCUT2D eigenvalue weighted by Crippen LogP contribution is -2.28. The van der Waals surface area contributed by atoms with Crippen molar-refractivity contribution >= 4 is 51.4 Å². The Hall–Kier alpha value is -2.72. The number of hydrogen-bond acceptors (Lipinski definition) is 8. The highest BCUT2D eigenvalue weighted by Crippen LogP contribution is 2.35. The maximum Gasteiger partial charge on any atom is 0.344 e. The predicted molar refractivity (Wildman–Crippen MR) is 118 cm³/mol. The van der Waals surface area contributed by atoms with Gasteiger partial charge in [-0.05, 0) is 55.3 Å². The van der Waals surface area contributed by atoms with Gasteiger partial charge in [-0.1, -0.05) is 37.3 Å². The van der Waals surface area contributed by atoms with Crippen LogP contribution >= 0.6 is 23.1 Å². The van der Waals surface area contributed by atoms with Crippen LogP contribution in [0.2, 0.25) is 0 Å². The van der Waals surface area contributed by atoms with Crippen LogP contribution in [-0.4, -0.2) is 49.9 Å². The van der Waals surface area contributed by atoms with Gasteiger partial charge in [-0.25, -0.2) is 4.79 Å². The van der Waals surface area contributed by atoms with E-state index >= 15 is 0 Å². The van der Waals surface area contributed by atoms with Crippen LogP contribution in [0.3, 0.4) is 0 Å². The molecule has 10 heteroatoms. The third-order valence-corrected chi connectivity index (χ3v) is 6.20. The van der Waals surface area contributed by atoms with Crippen LogP contribution in [0.4, 0.5) is 5.13 Å². The lowest BCUT2D eigenvalue weighted by Gasteiger charge is -2.13. The van der Waals surface area contributed by atoms with Crippen LogP contribution in [0.1, 0.15) is 37.8 Å². The summed E-state index contributed by atoms with van der Waals surface area (Å²) < 4.78 is 5.54. The van der Waals surface area contributed by atoms with Gasteiger partial charge in [0.25, 0.3) is 5.91 Å². The average Bonchev–Trinajstić information content (AvgIpc) is 3.30. The largest absolute Gasteiger partial charge is 0.479 e. The lowest BCUT2D eigenvalue weighted by atomic mass is 10.2. The highest BCUT2D eigenvalue weighted by molar-refractivity contribution is 8.18. The summed E-state index contributed by atoms with van der Waals surface area (Å²) in [5.74, 6) is -0.703. The fourth-order valence-corrected chi connectivity index (χ4v) is 4.44. The van der Waals surface area contributed by atoms with Crippen LogP contribution in [0.25, 0.3) is 6.08 Å². The molecule has 3 rings (SSSR count). The minimum atomic E-state index is -1.01. The molecule has 0 radical (unpaired) electrons. The minimum absolute atomic E-state index is 0.134. The SMILES string of the molecule is CCc1nnc(/N=C2/S/C(=C/c3cccc(OC(CC)C(=O)O)c3)C(=O)N2CC)s1. The standard InChI is InChI=1S/C20H22N4O4S2/c1-4-14(18(26)27)28-13-9-7-8-12(10-13)11-15-17(25)24(6-3)20(29-15)21-19-23-22-16(5-2)30-19/h7-11,14H,4-6H2,1-3H3,(H,26,27)/b15-11+,21-20+. The van der Waals surface area contributed by atoms with Crippen LogP contribution in [0, 0.1) is 0 Å². The van der Waals surface area contributed by atoms with Gasteiger partial charge in [-0.15, -0.1) is 10.2 Å². The number of amidine groups is 1. The summed E-state index contributed by atoms with van der Waals surface area (Å²) in [6.45, 7) is 6.13. The third-order valence-electron chi connectivity index (χ3n) is 4.23. The summed E-state index contributed by atoms with van der Waals surface area (Å²) in [5.41, 5.74) is 0.741. The van der Waals surface area contributed by atoms with Gasteiger partial charge in [-0.3, -0.25) is 9.69 Å². The number of benzene rings is 1. The van der Waals surface area contributed by atoms with E-state index in [-0.39, 0.29) is 5.91 Å². The Labute approximate surface area is 182 Å². The summed E-state index contributed by atoms with van der Waals surface area (Å²) in [6, 6.07) is 7.01. The molecule has 1 aromatic carbocycles. The van der Waals surface area contributed by atoms with Gasteiger partial charge >= 0.3 is 5.97 Å². The number of aromatic nitrogens is 2.